The van der Waals surface area contributed by atoms with Crippen molar-refractivity contribution < 1.29 is 14.9 Å². The fourth-order valence-electron chi connectivity index (χ4n) is 0.986. The van der Waals surface area contributed by atoms with E-state index < -0.39 is 9.85 Å². The molecule has 0 aromatic heterocycles. The standard InChI is InChI=1S/C7H6N4O4/c1-8-9-6-3-2-5(10(12)13)4-7(6)11(14)15/h2-4,9H,1H2/p+1. The molecule has 0 saturated heterocycles. The van der Waals surface area contributed by atoms with Gasteiger partial charge in [0.25, 0.3) is 5.69 Å². The number of non-ortho nitro benzene ring substituents is 1. The largest absolute Gasteiger partial charge is 0.304 e. The second kappa shape index (κ2) is 4.13. The molecule has 15 heavy (non-hydrogen) atoms. The van der Waals surface area contributed by atoms with Gasteiger partial charge in [0.2, 0.25) is 0 Å². The average molecular weight is 211 g/mol. The van der Waals surface area contributed by atoms with E-state index in [1.54, 1.807) is 0 Å². The minimum Gasteiger partial charge on any atom is -0.258 e. The molecule has 1 aromatic rings. The summed E-state index contributed by atoms with van der Waals surface area (Å²) in [6, 6.07) is 3.26. The molecule has 1 aromatic carbocycles. The van der Waals surface area contributed by atoms with E-state index >= 15 is 0 Å². The number of benzene rings is 1. The van der Waals surface area contributed by atoms with Crippen LogP contribution >= 0.6 is 0 Å². The van der Waals surface area contributed by atoms with Crippen LogP contribution in [0.5, 0.6) is 0 Å². The number of hydrazine groups is 1. The first-order valence-electron chi connectivity index (χ1n) is 3.77. The summed E-state index contributed by atoms with van der Waals surface area (Å²) < 4.78 is 0. The lowest BCUT2D eigenvalue weighted by Gasteiger charge is -1.97. The van der Waals surface area contributed by atoms with Crippen LogP contribution in [0, 0.1) is 20.2 Å². The third-order valence-electron chi connectivity index (χ3n) is 1.61. The molecule has 8 nitrogen and oxygen atoms in total. The highest BCUT2D eigenvalue weighted by atomic mass is 16.6. The molecule has 0 heterocycles. The normalized spacial score (nSPS) is 9.33. The highest BCUT2D eigenvalue weighted by Crippen LogP contribution is 2.27. The summed E-state index contributed by atoms with van der Waals surface area (Å²) in [5, 5.41) is 23.2. The Balaban J connectivity index is 3.26. The van der Waals surface area contributed by atoms with Gasteiger partial charge < -0.3 is 0 Å². The summed E-state index contributed by atoms with van der Waals surface area (Å²) >= 11 is 0. The lowest BCUT2D eigenvalue weighted by Crippen LogP contribution is -2.71. The SMILES string of the molecule is C=[NH+]Nc1ccc([N+](=O)[O-])cc1[N+](=O)[O-]. The number of nitrogens with one attached hydrogen (secondary N) is 2. The molecular weight excluding hydrogens is 204 g/mol. The van der Waals surface area contributed by atoms with Crippen LogP contribution in [0.3, 0.4) is 0 Å². The van der Waals surface area contributed by atoms with E-state index in [1.807, 2.05) is 0 Å². The number of hydrogen-bond acceptors (Lipinski definition) is 5. The van der Waals surface area contributed by atoms with Crippen LogP contribution in [-0.4, -0.2) is 16.6 Å². The van der Waals surface area contributed by atoms with E-state index in [1.165, 1.54) is 6.07 Å². The van der Waals surface area contributed by atoms with Crippen LogP contribution in [0.2, 0.25) is 0 Å². The molecule has 0 aliphatic rings. The number of nitro groups is 2. The predicted molar refractivity (Wildman–Crippen MR) is 51.5 cm³/mol. The maximum absolute atomic E-state index is 10.6. The van der Waals surface area contributed by atoms with E-state index in [0.29, 0.717) is 0 Å². The Morgan fingerprint density at radius 1 is 1.27 bits per heavy atom. The van der Waals surface area contributed by atoms with Crippen LogP contribution in [0.15, 0.2) is 18.2 Å². The van der Waals surface area contributed by atoms with Crippen LogP contribution in [0.25, 0.3) is 0 Å². The molecule has 78 valence electrons. The zero-order valence-electron chi connectivity index (χ0n) is 7.47. The maximum Gasteiger partial charge on any atom is 0.304 e. The van der Waals surface area contributed by atoms with Crippen molar-refractivity contribution in [1.82, 2.24) is 0 Å². The Hall–Kier alpha value is -2.51. The van der Waals surface area contributed by atoms with Crippen molar-refractivity contribution in [2.45, 2.75) is 0 Å². The topological polar surface area (TPSA) is 112 Å². The molecule has 0 spiro atoms. The van der Waals surface area contributed by atoms with Crippen molar-refractivity contribution >= 4 is 23.8 Å². The summed E-state index contributed by atoms with van der Waals surface area (Å²) in [4.78, 5) is 19.5. The van der Waals surface area contributed by atoms with Gasteiger partial charge in [-0.3, -0.25) is 20.2 Å². The van der Waals surface area contributed by atoms with Gasteiger partial charge in [-0.25, -0.2) is 0 Å². The lowest BCUT2D eigenvalue weighted by atomic mass is 10.2. The number of anilines is 1. The average Bonchev–Trinajstić information content (AvgIpc) is 2.18. The molecule has 0 aliphatic heterocycles. The van der Waals surface area contributed by atoms with E-state index in [9.17, 15) is 20.2 Å². The molecule has 0 saturated carbocycles. The molecule has 1 rings (SSSR count). The quantitative estimate of drug-likeness (QED) is 0.400. The Labute approximate surface area is 83.5 Å². The van der Waals surface area contributed by atoms with Crippen molar-refractivity contribution in [2.75, 3.05) is 5.43 Å². The second-order valence-electron chi connectivity index (χ2n) is 2.52. The number of hydrazone groups is 1. The van der Waals surface area contributed by atoms with Crippen LogP contribution in [-0.2, 0) is 0 Å². The molecule has 0 bridgehead atoms. The van der Waals surface area contributed by atoms with Gasteiger partial charge in [-0.05, 0) is 6.07 Å². The summed E-state index contributed by atoms with van der Waals surface area (Å²) in [6.45, 7) is 3.22. The van der Waals surface area contributed by atoms with Crippen molar-refractivity contribution in [3.05, 3.63) is 38.4 Å². The molecule has 0 fully saturated rings. The van der Waals surface area contributed by atoms with E-state index in [-0.39, 0.29) is 17.1 Å². The molecule has 0 radical (unpaired) electrons. The van der Waals surface area contributed by atoms with Gasteiger partial charge in [-0.2, -0.15) is 5.43 Å². The highest BCUT2D eigenvalue weighted by Gasteiger charge is 2.19. The van der Waals surface area contributed by atoms with Crippen LogP contribution in [0.1, 0.15) is 0 Å². The van der Waals surface area contributed by atoms with Crippen LogP contribution < -0.4 is 10.5 Å². The fraction of sp³-hybridized carbons (Fsp3) is 0. The highest BCUT2D eigenvalue weighted by molar-refractivity contribution is 5.64. The van der Waals surface area contributed by atoms with E-state index in [0.717, 1.165) is 12.1 Å². The molecule has 0 amide bonds. The van der Waals surface area contributed by atoms with Crippen molar-refractivity contribution in [1.29, 1.82) is 0 Å². The van der Waals surface area contributed by atoms with Crippen molar-refractivity contribution in [3.63, 3.8) is 0 Å². The van der Waals surface area contributed by atoms with E-state index in [4.69, 9.17) is 0 Å². The zero-order valence-corrected chi connectivity index (χ0v) is 7.47. The van der Waals surface area contributed by atoms with E-state index in [2.05, 4.69) is 17.2 Å². The minimum atomic E-state index is -0.716. The van der Waals surface area contributed by atoms with Gasteiger partial charge in [0, 0.05) is 6.07 Å². The predicted octanol–water partition coefficient (Wildman–Crippen LogP) is -0.389. The Bertz CT molecular complexity index is 431. The smallest absolute Gasteiger partial charge is 0.258 e. The third kappa shape index (κ3) is 2.24. The zero-order chi connectivity index (χ0) is 11.4. The number of hydrogen-bond donors (Lipinski definition) is 2. The summed E-state index contributed by atoms with van der Waals surface area (Å²) in [6.07, 6.45) is 0. The molecular formula is C7H7N4O4+. The summed E-state index contributed by atoms with van der Waals surface area (Å²) in [5.41, 5.74) is 1.78. The monoisotopic (exact) mass is 211 g/mol. The third-order valence-corrected chi connectivity index (χ3v) is 1.61. The molecule has 0 unspecified atom stereocenters. The maximum atomic E-state index is 10.6. The first-order valence-corrected chi connectivity index (χ1v) is 3.77. The Kier molecular flexibility index (Phi) is 2.91. The van der Waals surface area contributed by atoms with Crippen LogP contribution in [0.4, 0.5) is 17.1 Å². The van der Waals surface area contributed by atoms with Gasteiger partial charge in [0.1, 0.15) is 0 Å². The van der Waals surface area contributed by atoms with Gasteiger partial charge in [0.15, 0.2) is 12.4 Å². The second-order valence-corrected chi connectivity index (χ2v) is 2.52. The number of nitrogens with zero attached hydrogens (tertiary/aromatic N) is 2. The van der Waals surface area contributed by atoms with Gasteiger partial charge >= 0.3 is 5.69 Å². The van der Waals surface area contributed by atoms with Crippen molar-refractivity contribution in [3.8, 4) is 0 Å². The Morgan fingerprint density at radius 2 is 1.93 bits per heavy atom. The fourth-order valence-corrected chi connectivity index (χ4v) is 0.986. The first-order chi connectivity index (χ1) is 7.06. The number of nitro benzene ring substituents is 2. The van der Waals surface area contributed by atoms with Gasteiger partial charge in [0.05, 0.1) is 15.9 Å². The first kappa shape index (κ1) is 10.6. The number of rotatable bonds is 4. The molecule has 0 aliphatic carbocycles. The van der Waals surface area contributed by atoms with Crippen molar-refractivity contribution in [2.24, 2.45) is 0 Å². The Morgan fingerprint density at radius 3 is 2.40 bits per heavy atom. The minimum absolute atomic E-state index is 0.112. The lowest BCUT2D eigenvalue weighted by molar-refractivity contribution is -0.414. The van der Waals surface area contributed by atoms with Gasteiger partial charge in [-0.1, -0.05) is 0 Å². The summed E-state index contributed by atoms with van der Waals surface area (Å²) in [5.74, 6) is 0. The molecule has 2 N–H and O–H groups in total. The van der Waals surface area contributed by atoms with Gasteiger partial charge in [-0.15, -0.1) is 5.10 Å². The molecule has 8 heteroatoms. The summed E-state index contributed by atoms with van der Waals surface area (Å²) in [7, 11) is 0. The molecule has 0 atom stereocenters.